The van der Waals surface area contributed by atoms with Crippen LogP contribution in [0.4, 0.5) is 14.6 Å². The summed E-state index contributed by atoms with van der Waals surface area (Å²) in [7, 11) is 1.35. The highest BCUT2D eigenvalue weighted by Crippen LogP contribution is 2.22. The molecule has 6 nitrogen and oxygen atoms in total. The van der Waals surface area contributed by atoms with E-state index in [1.54, 1.807) is 18.3 Å². The third-order valence-corrected chi connectivity index (χ3v) is 4.59. The number of aryl methyl sites for hydroxylation is 1. The van der Waals surface area contributed by atoms with Crippen LogP contribution >= 0.6 is 0 Å². The molecule has 0 atom stereocenters. The molecule has 0 aliphatic rings. The molecule has 0 spiro atoms. The lowest BCUT2D eigenvalue weighted by Crippen LogP contribution is -2.05. The van der Waals surface area contributed by atoms with E-state index in [0.717, 1.165) is 22.2 Å². The van der Waals surface area contributed by atoms with E-state index in [1.165, 1.54) is 19.4 Å². The summed E-state index contributed by atoms with van der Waals surface area (Å²) in [6.07, 6.45) is 5.52. The molecule has 0 aliphatic heterocycles. The molecule has 0 unspecified atom stereocenters. The normalized spacial score (nSPS) is 11.0. The van der Waals surface area contributed by atoms with Gasteiger partial charge in [-0.25, -0.2) is 19.3 Å². The number of anilines is 1. The number of aromatic amines is 1. The van der Waals surface area contributed by atoms with Crippen LogP contribution in [0.5, 0.6) is 5.88 Å². The maximum atomic E-state index is 14.5. The lowest BCUT2D eigenvalue weighted by molar-refractivity contribution is 0.368. The fourth-order valence-electron chi connectivity index (χ4n) is 3.11. The second-order valence-electron chi connectivity index (χ2n) is 6.73. The first-order valence-corrected chi connectivity index (χ1v) is 9.04. The molecule has 4 heterocycles. The van der Waals surface area contributed by atoms with Gasteiger partial charge in [-0.15, -0.1) is 0 Å². The Morgan fingerprint density at radius 2 is 1.97 bits per heavy atom. The number of H-pyrrole nitrogens is 1. The molecule has 0 aliphatic carbocycles. The zero-order chi connectivity index (χ0) is 20.4. The smallest absolute Gasteiger partial charge is 0.250 e. The highest BCUT2D eigenvalue weighted by molar-refractivity contribution is 5.80. The van der Waals surface area contributed by atoms with Crippen LogP contribution in [0, 0.1) is 18.7 Å². The van der Waals surface area contributed by atoms with Crippen molar-refractivity contribution in [2.45, 2.75) is 19.9 Å². The van der Waals surface area contributed by atoms with Gasteiger partial charge >= 0.3 is 0 Å². The van der Waals surface area contributed by atoms with Gasteiger partial charge in [0.1, 0.15) is 11.5 Å². The SMILES string of the molecule is COc1ncc(CNc2ccc(Cc3c[nH]c4ncc(C)cc34)c(F)n2)cc1F. The average Bonchev–Trinajstić information content (AvgIpc) is 3.10. The molecule has 0 saturated carbocycles. The van der Waals surface area contributed by atoms with Crippen LogP contribution in [0.1, 0.15) is 22.3 Å². The Morgan fingerprint density at radius 3 is 2.72 bits per heavy atom. The van der Waals surface area contributed by atoms with Crippen LogP contribution in [0.2, 0.25) is 0 Å². The van der Waals surface area contributed by atoms with Crippen LogP contribution in [-0.4, -0.2) is 27.0 Å². The molecule has 0 bridgehead atoms. The van der Waals surface area contributed by atoms with Crippen molar-refractivity contribution < 1.29 is 13.5 Å². The monoisotopic (exact) mass is 395 g/mol. The molecule has 0 aromatic carbocycles. The van der Waals surface area contributed by atoms with Gasteiger partial charge in [-0.2, -0.15) is 4.39 Å². The molecular formula is C21H19F2N5O. The van der Waals surface area contributed by atoms with Crippen molar-refractivity contribution in [1.29, 1.82) is 0 Å². The maximum Gasteiger partial charge on any atom is 0.250 e. The summed E-state index contributed by atoms with van der Waals surface area (Å²) in [6.45, 7) is 2.23. The number of pyridine rings is 3. The van der Waals surface area contributed by atoms with E-state index in [0.29, 0.717) is 23.4 Å². The first-order chi connectivity index (χ1) is 14.0. The van der Waals surface area contributed by atoms with E-state index in [1.807, 2.05) is 19.2 Å². The fraction of sp³-hybridized carbons (Fsp3) is 0.190. The molecular weight excluding hydrogens is 376 g/mol. The van der Waals surface area contributed by atoms with Gasteiger partial charge in [0.25, 0.3) is 0 Å². The third kappa shape index (κ3) is 4.01. The summed E-state index contributed by atoms with van der Waals surface area (Å²) < 4.78 is 33.0. The summed E-state index contributed by atoms with van der Waals surface area (Å²) >= 11 is 0. The Balaban J connectivity index is 1.47. The van der Waals surface area contributed by atoms with Gasteiger partial charge in [0, 0.05) is 42.5 Å². The predicted molar refractivity (Wildman–Crippen MR) is 106 cm³/mol. The number of aromatic nitrogens is 4. The summed E-state index contributed by atoms with van der Waals surface area (Å²) in [4.78, 5) is 15.3. The quantitative estimate of drug-likeness (QED) is 0.480. The number of nitrogens with one attached hydrogen (secondary N) is 2. The fourth-order valence-corrected chi connectivity index (χ4v) is 3.11. The third-order valence-electron chi connectivity index (χ3n) is 4.59. The zero-order valence-electron chi connectivity index (χ0n) is 16.0. The Kier molecular flexibility index (Phi) is 5.07. The number of hydrogen-bond donors (Lipinski definition) is 2. The van der Waals surface area contributed by atoms with Gasteiger partial charge in [0.2, 0.25) is 11.8 Å². The molecule has 0 fully saturated rings. The van der Waals surface area contributed by atoms with E-state index in [-0.39, 0.29) is 12.4 Å². The summed E-state index contributed by atoms with van der Waals surface area (Å²) in [5, 5.41) is 3.95. The highest BCUT2D eigenvalue weighted by Gasteiger charge is 2.11. The molecule has 2 N–H and O–H groups in total. The second kappa shape index (κ2) is 7.83. The van der Waals surface area contributed by atoms with E-state index < -0.39 is 11.8 Å². The second-order valence-corrected chi connectivity index (χ2v) is 6.73. The number of rotatable bonds is 6. The van der Waals surface area contributed by atoms with Crippen molar-refractivity contribution in [2.24, 2.45) is 0 Å². The van der Waals surface area contributed by atoms with Gasteiger partial charge in [-0.3, -0.25) is 0 Å². The van der Waals surface area contributed by atoms with Gasteiger partial charge in [0.05, 0.1) is 7.11 Å². The Morgan fingerprint density at radius 1 is 1.10 bits per heavy atom. The van der Waals surface area contributed by atoms with Crippen molar-refractivity contribution in [3.05, 3.63) is 76.9 Å². The number of hydrogen-bond acceptors (Lipinski definition) is 5. The predicted octanol–water partition coefficient (Wildman–Crippen LogP) is 4.15. The first-order valence-electron chi connectivity index (χ1n) is 9.04. The number of fused-ring (bicyclic) bond motifs is 1. The van der Waals surface area contributed by atoms with Gasteiger partial charge in [-0.05, 0) is 41.8 Å². The summed E-state index contributed by atoms with van der Waals surface area (Å²) in [5.74, 6) is -0.808. The van der Waals surface area contributed by atoms with Crippen molar-refractivity contribution in [1.82, 2.24) is 19.9 Å². The Bertz CT molecular complexity index is 1180. The Hall–Kier alpha value is -3.55. The van der Waals surface area contributed by atoms with E-state index in [2.05, 4.69) is 25.3 Å². The zero-order valence-corrected chi connectivity index (χ0v) is 16.0. The summed E-state index contributed by atoms with van der Waals surface area (Å²) in [6, 6.07) is 6.73. The van der Waals surface area contributed by atoms with Crippen LogP contribution in [0.15, 0.2) is 42.9 Å². The minimum atomic E-state index is -0.552. The van der Waals surface area contributed by atoms with Crippen molar-refractivity contribution >= 4 is 16.9 Å². The highest BCUT2D eigenvalue weighted by atomic mass is 19.1. The van der Waals surface area contributed by atoms with Crippen molar-refractivity contribution in [3.63, 3.8) is 0 Å². The first kappa shape index (κ1) is 18.8. The standard InChI is InChI=1S/C21H19F2N5O/c1-12-5-16-15(11-26-20(16)25-8-12)7-14-3-4-18(28-19(14)23)24-9-13-6-17(22)21(29-2)27-10-13/h3-6,8,10-11H,7,9H2,1-2H3,(H,24,28)(H,25,26). The average molecular weight is 395 g/mol. The molecule has 148 valence electrons. The minimum absolute atomic E-state index is 0.0649. The van der Waals surface area contributed by atoms with E-state index in [9.17, 15) is 8.78 Å². The number of methoxy groups -OCH3 is 1. The molecule has 0 radical (unpaired) electrons. The van der Waals surface area contributed by atoms with Gasteiger partial charge < -0.3 is 15.0 Å². The van der Waals surface area contributed by atoms with Crippen molar-refractivity contribution in [2.75, 3.05) is 12.4 Å². The largest absolute Gasteiger partial charge is 0.479 e. The molecule has 4 aromatic heterocycles. The Labute approximate surface area is 166 Å². The van der Waals surface area contributed by atoms with Crippen LogP contribution in [-0.2, 0) is 13.0 Å². The molecule has 29 heavy (non-hydrogen) atoms. The molecule has 0 amide bonds. The van der Waals surface area contributed by atoms with Gasteiger partial charge in [0.15, 0.2) is 5.82 Å². The van der Waals surface area contributed by atoms with E-state index >= 15 is 0 Å². The lowest BCUT2D eigenvalue weighted by atomic mass is 10.1. The van der Waals surface area contributed by atoms with Crippen molar-refractivity contribution in [3.8, 4) is 5.88 Å². The number of halogens is 2. The van der Waals surface area contributed by atoms with Gasteiger partial charge in [-0.1, -0.05) is 6.07 Å². The summed E-state index contributed by atoms with van der Waals surface area (Å²) in [5.41, 5.74) is 3.85. The molecule has 0 saturated heterocycles. The topological polar surface area (TPSA) is 75.7 Å². The minimum Gasteiger partial charge on any atom is -0.479 e. The number of nitrogens with zero attached hydrogens (tertiary/aromatic N) is 3. The maximum absolute atomic E-state index is 14.5. The molecule has 4 aromatic rings. The molecule has 8 heteroatoms. The molecule has 4 rings (SSSR count). The van der Waals surface area contributed by atoms with Crippen LogP contribution in [0.25, 0.3) is 11.0 Å². The van der Waals surface area contributed by atoms with E-state index in [4.69, 9.17) is 4.74 Å². The van der Waals surface area contributed by atoms with Crippen LogP contribution < -0.4 is 10.1 Å². The van der Waals surface area contributed by atoms with Crippen LogP contribution in [0.3, 0.4) is 0 Å². The lowest BCUT2D eigenvalue weighted by Gasteiger charge is -2.09. The number of ether oxygens (including phenoxy) is 1.